The highest BCUT2D eigenvalue weighted by atomic mass is 15.2. The van der Waals surface area contributed by atoms with Gasteiger partial charge in [0.15, 0.2) is 0 Å². The second-order valence-corrected chi connectivity index (χ2v) is 20.0. The number of benzene rings is 7. The normalized spacial score (nSPS) is 18.8. The summed E-state index contributed by atoms with van der Waals surface area (Å²) < 4.78 is 0. The Hall–Kier alpha value is -5.54. The molecule has 0 saturated heterocycles. The summed E-state index contributed by atoms with van der Waals surface area (Å²) in [5, 5.41) is 2.59. The van der Waals surface area contributed by atoms with Gasteiger partial charge in [0.1, 0.15) is 0 Å². The summed E-state index contributed by atoms with van der Waals surface area (Å²) in [6.07, 6.45) is 2.39. The molecule has 0 amide bonds. The summed E-state index contributed by atoms with van der Waals surface area (Å²) in [4.78, 5) is 5.43. The van der Waals surface area contributed by atoms with Gasteiger partial charge >= 0.3 is 6.85 Å². The van der Waals surface area contributed by atoms with E-state index in [2.05, 4.69) is 192 Å². The minimum atomic E-state index is -0.168. The summed E-state index contributed by atoms with van der Waals surface area (Å²) in [5.74, 6) is 0. The molecule has 3 aliphatic heterocycles. The lowest BCUT2D eigenvalue weighted by molar-refractivity contribution is 0.332. The van der Waals surface area contributed by atoms with Gasteiger partial charge in [-0.2, -0.15) is 0 Å². The molecular weight excluding hydrogens is 687 g/mol. The van der Waals surface area contributed by atoms with Gasteiger partial charge in [0.25, 0.3) is 0 Å². The monoisotopic (exact) mass is 736 g/mol. The first kappa shape index (κ1) is 33.6. The summed E-state index contributed by atoms with van der Waals surface area (Å²) in [6, 6.07) is 49.8. The maximum Gasteiger partial charge on any atom is 0.333 e. The van der Waals surface area contributed by atoms with Crippen LogP contribution in [0.2, 0.25) is 0 Å². The van der Waals surface area contributed by atoms with Crippen molar-refractivity contribution in [3.63, 3.8) is 0 Å². The quantitative estimate of drug-likeness (QED) is 0.155. The average Bonchev–Trinajstić information content (AvgIpc) is 3.43. The number of para-hydroxylation sites is 2. The van der Waals surface area contributed by atoms with Crippen LogP contribution in [0, 0.1) is 0 Å². The molecule has 278 valence electrons. The lowest BCUT2D eigenvalue weighted by atomic mass is 9.42. The van der Waals surface area contributed by atoms with E-state index in [9.17, 15) is 0 Å². The van der Waals surface area contributed by atoms with Crippen LogP contribution in [0.15, 0.2) is 127 Å². The van der Waals surface area contributed by atoms with Gasteiger partial charge in [-0.3, -0.25) is 0 Å². The van der Waals surface area contributed by atoms with E-state index in [4.69, 9.17) is 0 Å². The van der Waals surface area contributed by atoms with Crippen molar-refractivity contribution >= 4 is 57.0 Å². The van der Waals surface area contributed by atoms with Crippen molar-refractivity contribution in [1.29, 1.82) is 0 Å². The van der Waals surface area contributed by atoms with Crippen molar-refractivity contribution in [2.75, 3.05) is 9.71 Å². The van der Waals surface area contributed by atoms with E-state index in [-0.39, 0.29) is 28.5 Å². The standard InChI is InChI=1S/C54H49BN2/c1-51(2)26-27-52(3,4)44-29-33(24-25-40(44)51)57-47-31-36-35-18-11-12-19-39(35)53(5,6)43(36)30-37(47)38-28-32-16-9-10-17-34(32)49-48(38)55(57)45-22-15-21-42-50(45)56(49)46-23-14-13-20-41(46)54(42,7)8/h9-25,28-31H,26-27H2,1-8H3. The summed E-state index contributed by atoms with van der Waals surface area (Å²) in [5.41, 5.74) is 23.3. The Kier molecular flexibility index (Phi) is 6.30. The van der Waals surface area contributed by atoms with Crippen molar-refractivity contribution in [2.45, 2.75) is 89.9 Å². The fraction of sp³-hybridized carbons (Fsp3) is 0.259. The van der Waals surface area contributed by atoms with Crippen LogP contribution in [-0.4, -0.2) is 6.85 Å². The van der Waals surface area contributed by atoms with E-state index in [0.717, 1.165) is 0 Å². The van der Waals surface area contributed by atoms with E-state index in [1.807, 2.05) is 0 Å². The molecule has 2 nitrogen and oxygen atoms in total. The molecule has 0 aromatic heterocycles. The van der Waals surface area contributed by atoms with Crippen LogP contribution in [0.1, 0.15) is 102 Å². The Balaban J connectivity index is 1.25. The maximum absolute atomic E-state index is 2.77. The molecule has 3 heteroatoms. The van der Waals surface area contributed by atoms with Gasteiger partial charge in [-0.05, 0) is 126 Å². The zero-order valence-electron chi connectivity index (χ0n) is 34.5. The van der Waals surface area contributed by atoms with Gasteiger partial charge in [0, 0.05) is 38.8 Å². The Morgan fingerprint density at radius 1 is 0.456 bits per heavy atom. The highest BCUT2D eigenvalue weighted by molar-refractivity contribution is 6.94. The van der Waals surface area contributed by atoms with Crippen LogP contribution in [0.5, 0.6) is 0 Å². The maximum atomic E-state index is 2.77. The van der Waals surface area contributed by atoms with Crippen LogP contribution in [0.3, 0.4) is 0 Å². The third-order valence-electron chi connectivity index (χ3n) is 15.3. The van der Waals surface area contributed by atoms with Crippen LogP contribution in [0.4, 0.5) is 28.4 Å². The minimum absolute atomic E-state index is 0.0279. The molecule has 0 unspecified atom stereocenters. The van der Waals surface area contributed by atoms with Gasteiger partial charge in [0.2, 0.25) is 0 Å². The molecule has 7 aromatic carbocycles. The third-order valence-corrected chi connectivity index (χ3v) is 15.3. The van der Waals surface area contributed by atoms with Crippen molar-refractivity contribution in [3.8, 4) is 22.3 Å². The van der Waals surface area contributed by atoms with Crippen molar-refractivity contribution < 1.29 is 0 Å². The van der Waals surface area contributed by atoms with Crippen molar-refractivity contribution in [3.05, 3.63) is 161 Å². The SMILES string of the molecule is CC1(C)CCC(C)(C)c2cc(N3B4c5cccc6c5N(c5ccccc5C6(C)C)c5c4c(cc4ccccc54)-c4cc5c(cc43)-c3ccccc3C5(C)C)ccc21. The van der Waals surface area contributed by atoms with Crippen molar-refractivity contribution in [1.82, 2.24) is 0 Å². The largest absolute Gasteiger partial charge is 0.376 e. The van der Waals surface area contributed by atoms with E-state index >= 15 is 0 Å². The number of anilines is 5. The third kappa shape index (κ3) is 4.13. The Morgan fingerprint density at radius 2 is 1.14 bits per heavy atom. The second kappa shape index (κ2) is 10.7. The van der Waals surface area contributed by atoms with E-state index in [1.54, 1.807) is 0 Å². The number of nitrogens with zero attached hydrogens (tertiary/aromatic N) is 2. The van der Waals surface area contributed by atoms with E-state index < -0.39 is 0 Å². The second-order valence-electron chi connectivity index (χ2n) is 20.0. The van der Waals surface area contributed by atoms with Crippen molar-refractivity contribution in [2.24, 2.45) is 0 Å². The van der Waals surface area contributed by atoms with E-state index in [1.165, 1.54) is 119 Å². The molecule has 0 atom stereocenters. The molecule has 5 aliphatic rings. The first-order chi connectivity index (χ1) is 27.3. The van der Waals surface area contributed by atoms with Crippen LogP contribution in [-0.2, 0) is 21.7 Å². The lowest BCUT2D eigenvalue weighted by Gasteiger charge is -2.51. The first-order valence-corrected chi connectivity index (χ1v) is 21.1. The molecule has 0 N–H and O–H groups in total. The molecule has 0 bridgehead atoms. The Bertz CT molecular complexity index is 2940. The summed E-state index contributed by atoms with van der Waals surface area (Å²) in [7, 11) is 0. The first-order valence-electron chi connectivity index (χ1n) is 21.1. The van der Waals surface area contributed by atoms with Crippen LogP contribution in [0.25, 0.3) is 33.0 Å². The van der Waals surface area contributed by atoms with Gasteiger partial charge in [0.05, 0.1) is 11.4 Å². The fourth-order valence-electron chi connectivity index (χ4n) is 12.0. The highest BCUT2D eigenvalue weighted by Gasteiger charge is 2.51. The molecule has 3 heterocycles. The lowest BCUT2D eigenvalue weighted by Crippen LogP contribution is -2.62. The number of hydrogen-bond donors (Lipinski definition) is 0. The zero-order valence-corrected chi connectivity index (χ0v) is 34.5. The van der Waals surface area contributed by atoms with Gasteiger partial charge < -0.3 is 9.71 Å². The van der Waals surface area contributed by atoms with E-state index in [0.29, 0.717) is 0 Å². The number of fused-ring (bicyclic) bond motifs is 12. The summed E-state index contributed by atoms with van der Waals surface area (Å²) >= 11 is 0. The minimum Gasteiger partial charge on any atom is -0.376 e. The number of rotatable bonds is 1. The predicted octanol–water partition coefficient (Wildman–Crippen LogP) is 12.8. The topological polar surface area (TPSA) is 6.48 Å². The molecule has 57 heavy (non-hydrogen) atoms. The molecule has 7 aromatic rings. The number of hydrogen-bond acceptors (Lipinski definition) is 2. The smallest absolute Gasteiger partial charge is 0.333 e. The van der Waals surface area contributed by atoms with Crippen LogP contribution >= 0.6 is 0 Å². The average molecular weight is 737 g/mol. The highest BCUT2D eigenvalue weighted by Crippen LogP contribution is 2.59. The molecule has 0 radical (unpaired) electrons. The Labute approximate surface area is 338 Å². The molecule has 0 saturated carbocycles. The van der Waals surface area contributed by atoms with Gasteiger partial charge in [-0.15, -0.1) is 0 Å². The van der Waals surface area contributed by atoms with Crippen LogP contribution < -0.4 is 20.6 Å². The fourth-order valence-corrected chi connectivity index (χ4v) is 12.0. The summed E-state index contributed by atoms with van der Waals surface area (Å²) in [6.45, 7) is 19.5. The molecule has 0 spiro atoms. The molecule has 0 fully saturated rings. The molecule has 12 rings (SSSR count). The zero-order chi connectivity index (χ0) is 39.0. The van der Waals surface area contributed by atoms with Gasteiger partial charge in [-0.25, -0.2) is 0 Å². The molecule has 2 aliphatic carbocycles. The van der Waals surface area contributed by atoms with Gasteiger partial charge in [-0.1, -0.05) is 146 Å². The Morgan fingerprint density at radius 3 is 1.96 bits per heavy atom. The molecular formula is C54H49BN2. The predicted molar refractivity (Wildman–Crippen MR) is 243 cm³/mol.